The molecule has 2 N–H and O–H groups in total. The van der Waals surface area contributed by atoms with Crippen molar-refractivity contribution in [1.82, 2.24) is 25.3 Å². The summed E-state index contributed by atoms with van der Waals surface area (Å²) in [6.07, 6.45) is 10.3. The Hall–Kier alpha value is -1.75. The first-order valence-corrected chi connectivity index (χ1v) is 6.91. The molecule has 0 radical (unpaired) electrons. The molecule has 3 rings (SSSR count). The highest BCUT2D eigenvalue weighted by Gasteiger charge is 2.17. The quantitative estimate of drug-likeness (QED) is 0.867. The van der Waals surface area contributed by atoms with E-state index in [-0.39, 0.29) is 0 Å². The van der Waals surface area contributed by atoms with Crippen LogP contribution in [-0.2, 0) is 0 Å². The largest absolute Gasteiger partial charge is 0.339 e. The van der Waals surface area contributed by atoms with E-state index in [2.05, 4.69) is 25.3 Å². The van der Waals surface area contributed by atoms with Gasteiger partial charge >= 0.3 is 0 Å². The van der Waals surface area contributed by atoms with Crippen LogP contribution in [0, 0.1) is 6.92 Å². The van der Waals surface area contributed by atoms with Crippen molar-refractivity contribution in [2.45, 2.75) is 38.6 Å². The highest BCUT2D eigenvalue weighted by molar-refractivity contribution is 5.55. The van der Waals surface area contributed by atoms with Gasteiger partial charge in [-0.05, 0) is 26.3 Å². The normalized spacial score (nSPS) is 20.2. The smallest absolute Gasteiger partial charge is 0.123 e. The summed E-state index contributed by atoms with van der Waals surface area (Å²) in [5.74, 6) is 1.02. The molecule has 1 atom stereocenters. The van der Waals surface area contributed by atoms with Gasteiger partial charge in [0.2, 0.25) is 0 Å². The molecule has 2 aromatic heterocycles. The van der Waals surface area contributed by atoms with Crippen molar-refractivity contribution in [3.05, 3.63) is 30.1 Å². The van der Waals surface area contributed by atoms with Gasteiger partial charge in [-0.3, -0.25) is 9.97 Å². The van der Waals surface area contributed by atoms with Gasteiger partial charge < -0.3 is 10.3 Å². The third-order valence-electron chi connectivity index (χ3n) is 3.62. The monoisotopic (exact) mass is 257 g/mol. The Morgan fingerprint density at radius 2 is 2.00 bits per heavy atom. The molecule has 0 amide bonds. The third-order valence-corrected chi connectivity index (χ3v) is 3.62. The van der Waals surface area contributed by atoms with E-state index in [9.17, 15) is 0 Å². The summed E-state index contributed by atoms with van der Waals surface area (Å²) in [4.78, 5) is 16.5. The summed E-state index contributed by atoms with van der Waals surface area (Å²) in [6, 6.07) is 0.341. The van der Waals surface area contributed by atoms with Crippen molar-refractivity contribution in [3.63, 3.8) is 0 Å². The molecule has 1 fully saturated rings. The average Bonchev–Trinajstić information content (AvgIpc) is 2.75. The van der Waals surface area contributed by atoms with Crippen LogP contribution >= 0.6 is 0 Å². The second kappa shape index (κ2) is 5.48. The molecule has 100 valence electrons. The standard InChI is InChI=1S/C14H19N5/c1-10-13(17-8-7-15-10)12-9-18-14(19-12)11-5-3-2-4-6-16-11/h7-9,11,16H,2-6H2,1H3,(H,18,19). The summed E-state index contributed by atoms with van der Waals surface area (Å²) >= 11 is 0. The molecule has 1 saturated heterocycles. The van der Waals surface area contributed by atoms with Crippen LogP contribution in [0.15, 0.2) is 18.6 Å². The zero-order chi connectivity index (χ0) is 13.1. The maximum absolute atomic E-state index is 4.51. The van der Waals surface area contributed by atoms with Crippen LogP contribution < -0.4 is 5.32 Å². The summed E-state index contributed by atoms with van der Waals surface area (Å²) in [6.45, 7) is 3.04. The number of nitrogens with zero attached hydrogens (tertiary/aromatic N) is 3. The Balaban J connectivity index is 1.85. The summed E-state index contributed by atoms with van der Waals surface area (Å²) in [5, 5.41) is 3.55. The topological polar surface area (TPSA) is 66.5 Å². The van der Waals surface area contributed by atoms with Crippen molar-refractivity contribution in [2.24, 2.45) is 0 Å². The molecule has 0 aromatic carbocycles. The molecule has 1 aliphatic heterocycles. The highest BCUT2D eigenvalue weighted by atomic mass is 15.0. The second-order valence-corrected chi connectivity index (χ2v) is 5.03. The molecule has 19 heavy (non-hydrogen) atoms. The van der Waals surface area contributed by atoms with E-state index in [1.165, 1.54) is 19.3 Å². The van der Waals surface area contributed by atoms with Gasteiger partial charge in [0, 0.05) is 12.4 Å². The lowest BCUT2D eigenvalue weighted by Crippen LogP contribution is -2.21. The van der Waals surface area contributed by atoms with Gasteiger partial charge in [-0.15, -0.1) is 0 Å². The number of H-pyrrole nitrogens is 1. The van der Waals surface area contributed by atoms with Crippen LogP contribution in [0.4, 0.5) is 0 Å². The minimum atomic E-state index is 0.341. The van der Waals surface area contributed by atoms with Crippen molar-refractivity contribution < 1.29 is 0 Å². The van der Waals surface area contributed by atoms with Crippen LogP contribution in [0.2, 0.25) is 0 Å². The Morgan fingerprint density at radius 1 is 1.11 bits per heavy atom. The van der Waals surface area contributed by atoms with Gasteiger partial charge in [0.1, 0.15) is 11.5 Å². The predicted octanol–water partition coefficient (Wildman–Crippen LogP) is 2.38. The van der Waals surface area contributed by atoms with Crippen LogP contribution in [-0.4, -0.2) is 26.5 Å². The lowest BCUT2D eigenvalue weighted by Gasteiger charge is -2.12. The van der Waals surface area contributed by atoms with Crippen LogP contribution in [0.5, 0.6) is 0 Å². The molecule has 5 heteroatoms. The van der Waals surface area contributed by atoms with E-state index in [4.69, 9.17) is 0 Å². The zero-order valence-corrected chi connectivity index (χ0v) is 11.2. The van der Waals surface area contributed by atoms with Crippen LogP contribution in [0.25, 0.3) is 11.4 Å². The van der Waals surface area contributed by atoms with E-state index in [1.54, 1.807) is 12.4 Å². The average molecular weight is 257 g/mol. The van der Waals surface area contributed by atoms with Crippen molar-refractivity contribution in [2.75, 3.05) is 6.54 Å². The Kier molecular flexibility index (Phi) is 3.55. The molecular weight excluding hydrogens is 238 g/mol. The minimum Gasteiger partial charge on any atom is -0.339 e. The number of hydrogen-bond donors (Lipinski definition) is 2. The summed E-state index contributed by atoms with van der Waals surface area (Å²) in [5.41, 5.74) is 2.76. The first-order chi connectivity index (χ1) is 9.34. The van der Waals surface area contributed by atoms with E-state index in [1.807, 2.05) is 13.1 Å². The number of rotatable bonds is 2. The molecule has 1 aliphatic rings. The molecule has 5 nitrogen and oxygen atoms in total. The van der Waals surface area contributed by atoms with Gasteiger partial charge in [-0.2, -0.15) is 0 Å². The Bertz CT molecular complexity index is 540. The van der Waals surface area contributed by atoms with Gasteiger partial charge in [-0.25, -0.2) is 4.98 Å². The number of aryl methyl sites for hydroxylation is 1. The molecule has 1 unspecified atom stereocenters. The van der Waals surface area contributed by atoms with Gasteiger partial charge in [0.05, 0.1) is 23.6 Å². The number of imidazole rings is 1. The fourth-order valence-corrected chi connectivity index (χ4v) is 2.57. The summed E-state index contributed by atoms with van der Waals surface area (Å²) in [7, 11) is 0. The maximum Gasteiger partial charge on any atom is 0.123 e. The molecule has 0 bridgehead atoms. The van der Waals surface area contributed by atoms with E-state index >= 15 is 0 Å². The molecule has 0 spiro atoms. The minimum absolute atomic E-state index is 0.341. The van der Waals surface area contributed by atoms with E-state index < -0.39 is 0 Å². The molecular formula is C14H19N5. The third kappa shape index (κ3) is 2.66. The molecule has 3 heterocycles. The van der Waals surface area contributed by atoms with Gasteiger partial charge in [0.15, 0.2) is 0 Å². The fraction of sp³-hybridized carbons (Fsp3) is 0.500. The lowest BCUT2D eigenvalue weighted by molar-refractivity contribution is 0.512. The number of aromatic amines is 1. The maximum atomic E-state index is 4.51. The first-order valence-electron chi connectivity index (χ1n) is 6.91. The van der Waals surface area contributed by atoms with Crippen LogP contribution in [0.1, 0.15) is 43.2 Å². The molecule has 0 aliphatic carbocycles. The first kappa shape index (κ1) is 12.3. The Morgan fingerprint density at radius 3 is 2.89 bits per heavy atom. The SMILES string of the molecule is Cc1nccnc1-c1cnc(C2CCCCCN2)[nH]1. The van der Waals surface area contributed by atoms with E-state index in [0.29, 0.717) is 6.04 Å². The van der Waals surface area contributed by atoms with E-state index in [0.717, 1.165) is 35.9 Å². The second-order valence-electron chi connectivity index (χ2n) is 5.03. The van der Waals surface area contributed by atoms with Crippen molar-refractivity contribution in [1.29, 1.82) is 0 Å². The zero-order valence-electron chi connectivity index (χ0n) is 11.2. The van der Waals surface area contributed by atoms with Crippen molar-refractivity contribution >= 4 is 0 Å². The van der Waals surface area contributed by atoms with Crippen molar-refractivity contribution in [3.8, 4) is 11.4 Å². The van der Waals surface area contributed by atoms with Gasteiger partial charge in [-0.1, -0.05) is 12.8 Å². The van der Waals surface area contributed by atoms with Crippen LogP contribution in [0.3, 0.4) is 0 Å². The summed E-state index contributed by atoms with van der Waals surface area (Å²) < 4.78 is 0. The van der Waals surface area contributed by atoms with Gasteiger partial charge in [0.25, 0.3) is 0 Å². The highest BCUT2D eigenvalue weighted by Crippen LogP contribution is 2.23. The lowest BCUT2D eigenvalue weighted by atomic mass is 10.1. The number of nitrogens with one attached hydrogen (secondary N) is 2. The number of aromatic nitrogens is 4. The Labute approximate surface area is 112 Å². The molecule has 0 saturated carbocycles. The fourth-order valence-electron chi connectivity index (χ4n) is 2.57. The number of hydrogen-bond acceptors (Lipinski definition) is 4. The molecule has 2 aromatic rings. The predicted molar refractivity (Wildman–Crippen MR) is 73.6 cm³/mol.